The van der Waals surface area contributed by atoms with Gasteiger partial charge in [0, 0.05) is 0 Å². The molecule has 0 aliphatic carbocycles. The Labute approximate surface area is 82.8 Å². The van der Waals surface area contributed by atoms with Crippen molar-refractivity contribution in [3.05, 3.63) is 0 Å². The van der Waals surface area contributed by atoms with Gasteiger partial charge < -0.3 is 12.3 Å². The fraction of sp³-hybridized carbons (Fsp3) is 1.00. The van der Waals surface area contributed by atoms with E-state index in [-0.39, 0.29) is 0 Å². The van der Waals surface area contributed by atoms with E-state index in [1.54, 1.807) is 0 Å². The topological polar surface area (TPSA) is 27.7 Å². The molecule has 0 aliphatic heterocycles. The molecule has 0 bridgehead atoms. The Kier molecular flexibility index (Phi) is 5.14. The Hall–Kier alpha value is 0.748. The van der Waals surface area contributed by atoms with Crippen molar-refractivity contribution in [3.63, 3.8) is 0 Å². The first kappa shape index (κ1) is 12.7. The first-order chi connectivity index (χ1) is 5.27. The van der Waals surface area contributed by atoms with E-state index < -0.39 is 26.9 Å². The van der Waals surface area contributed by atoms with Gasteiger partial charge in [0.25, 0.3) is 10.0 Å². The minimum atomic E-state index is -1.84. The highest BCUT2D eigenvalue weighted by atomic mass is 28.5. The van der Waals surface area contributed by atoms with Crippen molar-refractivity contribution in [1.29, 1.82) is 0 Å². The van der Waals surface area contributed by atoms with Crippen molar-refractivity contribution in [2.75, 3.05) is 0 Å². The van der Waals surface area contributed by atoms with Crippen LogP contribution in [0.4, 0.5) is 0 Å². The van der Waals surface area contributed by atoms with Crippen molar-refractivity contribution in [2.24, 2.45) is 0 Å². The minimum Gasteiger partial charge on any atom is -0.449 e. The number of hydrogen-bond acceptors (Lipinski definition) is 3. The zero-order valence-corrected chi connectivity index (χ0v) is 14.3. The Bertz CT molecular complexity index is 133. The van der Waals surface area contributed by atoms with Crippen molar-refractivity contribution in [3.8, 4) is 0 Å². The van der Waals surface area contributed by atoms with Crippen LogP contribution in [0.2, 0.25) is 32.7 Å². The van der Waals surface area contributed by atoms with E-state index in [2.05, 4.69) is 32.7 Å². The predicted octanol–water partition coefficient (Wildman–Crippen LogP) is -0.148. The van der Waals surface area contributed by atoms with Crippen LogP contribution < -0.4 is 0 Å². The molecule has 0 N–H and O–H groups in total. The summed E-state index contributed by atoms with van der Waals surface area (Å²) in [7, 11) is -3.21. The molecule has 0 fully saturated rings. The Morgan fingerprint density at radius 1 is 1.08 bits per heavy atom. The lowest BCUT2D eigenvalue weighted by atomic mass is 11.8. The van der Waals surface area contributed by atoms with Crippen LogP contribution in [0.3, 0.4) is 0 Å². The van der Waals surface area contributed by atoms with E-state index in [1.807, 2.05) is 0 Å². The van der Waals surface area contributed by atoms with Gasteiger partial charge in [-0.05, 0) is 32.7 Å². The fourth-order valence-electron chi connectivity index (χ4n) is 0.968. The second-order valence-electron chi connectivity index (χ2n) is 4.17. The van der Waals surface area contributed by atoms with Gasteiger partial charge in [-0.15, -0.1) is 0 Å². The summed E-state index contributed by atoms with van der Waals surface area (Å²) in [5.74, 6) is 0. The van der Waals surface area contributed by atoms with Gasteiger partial charge >= 0.3 is 8.56 Å². The van der Waals surface area contributed by atoms with Crippen molar-refractivity contribution < 1.29 is 12.3 Å². The lowest BCUT2D eigenvalue weighted by Gasteiger charge is -2.30. The maximum Gasteiger partial charge on any atom is 0.312 e. The van der Waals surface area contributed by atoms with Gasteiger partial charge in [-0.2, -0.15) is 0 Å². The maximum atomic E-state index is 5.95. The van der Waals surface area contributed by atoms with Gasteiger partial charge in [-0.3, -0.25) is 0 Å². The van der Waals surface area contributed by atoms with E-state index in [0.717, 1.165) is 10.5 Å². The first-order valence-electron chi connectivity index (χ1n) is 4.10. The lowest BCUT2D eigenvalue weighted by Crippen LogP contribution is -2.45. The summed E-state index contributed by atoms with van der Waals surface area (Å²) in [6.45, 7) is 10.8. The summed E-state index contributed by atoms with van der Waals surface area (Å²) in [5, 5.41) is 0. The molecule has 0 heterocycles. The molecule has 0 atom stereocenters. The van der Waals surface area contributed by atoms with Gasteiger partial charge in [-0.25, -0.2) is 0 Å². The third kappa shape index (κ3) is 7.40. The highest BCUT2D eigenvalue weighted by molar-refractivity contribution is 6.82. The first-order valence-corrected chi connectivity index (χ1v) is 12.3. The normalized spacial score (nSPS) is 14.8. The molecule has 12 heavy (non-hydrogen) atoms. The standard InChI is InChI=1S/C5H20O3Si4/c1-11(2,3)8-12(4,5)7-10-6-9/h10H2,1-5,9H3. The average Bonchev–Trinajstić information content (AvgIpc) is 1.78. The van der Waals surface area contributed by atoms with Crippen LogP contribution in [-0.4, -0.2) is 37.4 Å². The largest absolute Gasteiger partial charge is 0.449 e. The third-order valence-corrected chi connectivity index (χ3v) is 9.69. The molecule has 0 saturated heterocycles. The Morgan fingerprint density at radius 2 is 1.58 bits per heavy atom. The Balaban J connectivity index is 3.86. The summed E-state index contributed by atoms with van der Waals surface area (Å²) < 4.78 is 16.7. The van der Waals surface area contributed by atoms with E-state index in [0.29, 0.717) is 0 Å². The predicted molar refractivity (Wildman–Crippen MR) is 62.6 cm³/mol. The van der Waals surface area contributed by atoms with Gasteiger partial charge in [0.1, 0.15) is 10.5 Å². The molecule has 0 spiro atoms. The van der Waals surface area contributed by atoms with Crippen LogP contribution >= 0.6 is 0 Å². The van der Waals surface area contributed by atoms with Crippen LogP contribution in [0.15, 0.2) is 0 Å². The van der Waals surface area contributed by atoms with E-state index in [4.69, 9.17) is 12.3 Å². The minimum absolute atomic E-state index is 0.731. The monoisotopic (exact) mass is 240 g/mol. The molecule has 0 aliphatic rings. The van der Waals surface area contributed by atoms with Crippen LogP contribution in [0, 0.1) is 0 Å². The van der Waals surface area contributed by atoms with E-state index in [1.165, 1.54) is 0 Å². The second kappa shape index (κ2) is 4.84. The van der Waals surface area contributed by atoms with Crippen LogP contribution in [-0.2, 0) is 12.3 Å². The van der Waals surface area contributed by atoms with Crippen molar-refractivity contribution >= 4 is 37.4 Å². The van der Waals surface area contributed by atoms with Gasteiger partial charge in [0.15, 0.2) is 8.32 Å². The van der Waals surface area contributed by atoms with Crippen molar-refractivity contribution in [1.82, 2.24) is 0 Å². The average molecular weight is 241 g/mol. The molecule has 0 unspecified atom stereocenters. The quantitative estimate of drug-likeness (QED) is 0.626. The maximum absolute atomic E-state index is 5.95. The fourth-order valence-corrected chi connectivity index (χ4v) is 10.3. The Morgan fingerprint density at radius 3 is 1.92 bits per heavy atom. The summed E-state index contributed by atoms with van der Waals surface area (Å²) in [4.78, 5) is 0. The van der Waals surface area contributed by atoms with Crippen LogP contribution in [0.1, 0.15) is 0 Å². The highest BCUT2D eigenvalue weighted by Gasteiger charge is 2.30. The summed E-state index contributed by atoms with van der Waals surface area (Å²) in [6, 6.07) is 0. The molecular formula is C5H20O3Si4. The molecule has 0 rings (SSSR count). The lowest BCUT2D eigenvalue weighted by molar-refractivity contribution is 0.377. The van der Waals surface area contributed by atoms with Gasteiger partial charge in [0.05, 0.1) is 0 Å². The van der Waals surface area contributed by atoms with E-state index >= 15 is 0 Å². The molecule has 0 radical (unpaired) electrons. The van der Waals surface area contributed by atoms with Gasteiger partial charge in [-0.1, -0.05) is 0 Å². The molecule has 7 heteroatoms. The molecule has 0 aromatic heterocycles. The molecule has 74 valence electrons. The number of hydrogen-bond donors (Lipinski definition) is 0. The second-order valence-corrected chi connectivity index (χ2v) is 15.7. The van der Waals surface area contributed by atoms with Crippen LogP contribution in [0.25, 0.3) is 0 Å². The molecule has 0 saturated carbocycles. The van der Waals surface area contributed by atoms with Crippen molar-refractivity contribution in [2.45, 2.75) is 32.7 Å². The molecule has 0 aromatic rings. The summed E-state index contributed by atoms with van der Waals surface area (Å²) in [6.07, 6.45) is 0. The summed E-state index contributed by atoms with van der Waals surface area (Å²) >= 11 is 0. The zero-order valence-electron chi connectivity index (χ0n) is 8.93. The molecule has 0 amide bonds. The third-order valence-electron chi connectivity index (χ3n) is 1.08. The SMILES string of the molecule is C[Si](C)(C)O[Si](C)(C)O[SiH2]O[SiH3]. The van der Waals surface area contributed by atoms with Gasteiger partial charge in [0.2, 0.25) is 0 Å². The summed E-state index contributed by atoms with van der Waals surface area (Å²) in [5.41, 5.74) is 0. The highest BCUT2D eigenvalue weighted by Crippen LogP contribution is 2.14. The smallest absolute Gasteiger partial charge is 0.312 e. The van der Waals surface area contributed by atoms with Crippen LogP contribution in [0.5, 0.6) is 0 Å². The van der Waals surface area contributed by atoms with E-state index in [9.17, 15) is 0 Å². The number of rotatable bonds is 5. The molecule has 3 nitrogen and oxygen atoms in total. The molecule has 0 aromatic carbocycles. The molecular weight excluding hydrogens is 220 g/mol. The zero-order chi connectivity index (χ0) is 9.83.